The highest BCUT2D eigenvalue weighted by Crippen LogP contribution is 2.41. The van der Waals surface area contributed by atoms with Crippen molar-refractivity contribution in [1.82, 2.24) is 15.1 Å². The van der Waals surface area contributed by atoms with E-state index >= 15 is 0 Å². The Balaban J connectivity index is 1.47. The lowest BCUT2D eigenvalue weighted by Crippen LogP contribution is -2.51. The topological polar surface area (TPSA) is 58.6 Å². The van der Waals surface area contributed by atoms with Crippen LogP contribution in [0.2, 0.25) is 0 Å². The second-order valence-corrected chi connectivity index (χ2v) is 7.48. The Morgan fingerprint density at radius 1 is 1.07 bits per heavy atom. The Morgan fingerprint density at radius 3 is 2.67 bits per heavy atom. The minimum absolute atomic E-state index is 0.272. The number of hydrogen-bond donors (Lipinski definition) is 0. The highest BCUT2D eigenvalue weighted by atomic mass is 16.5. The minimum Gasteiger partial charge on any atom is -0.383 e. The molecule has 1 amide bonds. The summed E-state index contributed by atoms with van der Waals surface area (Å²) in [6.07, 6.45) is 2.90. The molecule has 2 saturated heterocycles. The number of aromatic nitrogens is 2. The van der Waals surface area contributed by atoms with E-state index in [0.717, 1.165) is 56.0 Å². The molecule has 4 rings (SSSR count). The van der Waals surface area contributed by atoms with Crippen LogP contribution in [-0.4, -0.2) is 60.9 Å². The average Bonchev–Trinajstić information content (AvgIpc) is 3.15. The molecule has 0 aliphatic carbocycles. The molecule has 6 nitrogen and oxygen atoms in total. The van der Waals surface area contributed by atoms with Crippen LogP contribution in [0.15, 0.2) is 42.5 Å². The number of amides is 1. The Hall–Kier alpha value is -2.47. The predicted molar refractivity (Wildman–Crippen MR) is 104 cm³/mol. The first-order valence-electron chi connectivity index (χ1n) is 9.64. The maximum Gasteiger partial charge on any atom is 0.230 e. The summed E-state index contributed by atoms with van der Waals surface area (Å²) in [5.74, 6) is 1.13. The monoisotopic (exact) mass is 366 g/mol. The third-order valence-electron chi connectivity index (χ3n) is 5.79. The van der Waals surface area contributed by atoms with Gasteiger partial charge in [0, 0.05) is 38.9 Å². The van der Waals surface area contributed by atoms with E-state index in [2.05, 4.69) is 15.1 Å². The normalized spacial score (nSPS) is 22.6. The molecule has 2 aromatic rings. The molecule has 0 radical (unpaired) electrons. The number of nitrogens with zero attached hydrogens (tertiary/aromatic N) is 4. The van der Waals surface area contributed by atoms with Gasteiger partial charge in [-0.3, -0.25) is 4.79 Å². The molecule has 0 saturated carbocycles. The molecule has 0 N–H and O–H groups in total. The molecule has 27 heavy (non-hydrogen) atoms. The van der Waals surface area contributed by atoms with Crippen LogP contribution in [-0.2, 0) is 9.53 Å². The number of piperidine rings is 1. The van der Waals surface area contributed by atoms with Gasteiger partial charge in [-0.25, -0.2) is 0 Å². The molecule has 2 fully saturated rings. The van der Waals surface area contributed by atoms with Crippen molar-refractivity contribution < 1.29 is 9.53 Å². The molecule has 6 heteroatoms. The number of carbonyl (C=O) groups excluding carboxylic acids is 1. The molecular formula is C21H26N4O2. The van der Waals surface area contributed by atoms with Gasteiger partial charge in [0.05, 0.1) is 17.7 Å². The minimum atomic E-state index is -0.272. The van der Waals surface area contributed by atoms with Crippen molar-refractivity contribution in [3.63, 3.8) is 0 Å². The smallest absolute Gasteiger partial charge is 0.230 e. The first kappa shape index (κ1) is 17.9. The Morgan fingerprint density at radius 2 is 1.93 bits per heavy atom. The van der Waals surface area contributed by atoms with Gasteiger partial charge in [-0.15, -0.1) is 10.2 Å². The van der Waals surface area contributed by atoms with Crippen molar-refractivity contribution in [3.05, 3.63) is 42.5 Å². The summed E-state index contributed by atoms with van der Waals surface area (Å²) >= 11 is 0. The lowest BCUT2D eigenvalue weighted by molar-refractivity contribution is -0.145. The molecule has 142 valence electrons. The first-order chi connectivity index (χ1) is 13.2. The SMILES string of the molecule is COCCN1CCCC2(CCN(c3ccc(-c4ccccc4)nn3)C2)C1=O. The second kappa shape index (κ2) is 7.64. The molecule has 1 atom stereocenters. The van der Waals surface area contributed by atoms with Gasteiger partial charge in [-0.1, -0.05) is 30.3 Å². The summed E-state index contributed by atoms with van der Waals surface area (Å²) in [5.41, 5.74) is 1.66. The fourth-order valence-electron chi connectivity index (χ4n) is 4.27. The van der Waals surface area contributed by atoms with Crippen LogP contribution in [0.5, 0.6) is 0 Å². The Labute approximate surface area is 160 Å². The zero-order valence-corrected chi connectivity index (χ0v) is 15.8. The number of ether oxygens (including phenoxy) is 1. The number of hydrogen-bond acceptors (Lipinski definition) is 5. The summed E-state index contributed by atoms with van der Waals surface area (Å²) in [6.45, 7) is 3.70. The maximum absolute atomic E-state index is 13.1. The van der Waals surface area contributed by atoms with E-state index in [9.17, 15) is 4.79 Å². The Bertz CT molecular complexity index is 781. The van der Waals surface area contributed by atoms with Gasteiger partial charge >= 0.3 is 0 Å². The van der Waals surface area contributed by atoms with Crippen molar-refractivity contribution in [1.29, 1.82) is 0 Å². The molecule has 1 aromatic carbocycles. The zero-order chi connectivity index (χ0) is 18.7. The Kier molecular flexibility index (Phi) is 5.07. The van der Waals surface area contributed by atoms with Crippen molar-refractivity contribution in [2.24, 2.45) is 5.41 Å². The van der Waals surface area contributed by atoms with Crippen molar-refractivity contribution >= 4 is 11.7 Å². The molecule has 1 aromatic heterocycles. The fraction of sp³-hybridized carbons (Fsp3) is 0.476. The van der Waals surface area contributed by atoms with Crippen LogP contribution in [0.25, 0.3) is 11.3 Å². The van der Waals surface area contributed by atoms with Crippen LogP contribution >= 0.6 is 0 Å². The fourth-order valence-corrected chi connectivity index (χ4v) is 4.27. The molecule has 2 aliphatic heterocycles. The molecule has 1 spiro atoms. The molecule has 0 bridgehead atoms. The summed E-state index contributed by atoms with van der Waals surface area (Å²) in [7, 11) is 1.68. The number of anilines is 1. The first-order valence-corrected chi connectivity index (χ1v) is 9.64. The highest BCUT2D eigenvalue weighted by molar-refractivity contribution is 5.85. The zero-order valence-electron chi connectivity index (χ0n) is 15.8. The van der Waals surface area contributed by atoms with Gasteiger partial charge in [0.2, 0.25) is 5.91 Å². The van der Waals surface area contributed by atoms with Gasteiger partial charge in [-0.2, -0.15) is 0 Å². The van der Waals surface area contributed by atoms with Crippen LogP contribution in [0.1, 0.15) is 19.3 Å². The van der Waals surface area contributed by atoms with Crippen LogP contribution in [0.3, 0.4) is 0 Å². The summed E-state index contributed by atoms with van der Waals surface area (Å²) < 4.78 is 5.16. The largest absolute Gasteiger partial charge is 0.383 e. The number of carbonyl (C=O) groups is 1. The third-order valence-corrected chi connectivity index (χ3v) is 5.79. The van der Waals surface area contributed by atoms with Crippen LogP contribution in [0, 0.1) is 5.41 Å². The van der Waals surface area contributed by atoms with Gasteiger partial charge in [0.25, 0.3) is 0 Å². The van der Waals surface area contributed by atoms with E-state index in [-0.39, 0.29) is 11.3 Å². The lowest BCUT2D eigenvalue weighted by Gasteiger charge is -2.39. The summed E-state index contributed by atoms with van der Waals surface area (Å²) in [4.78, 5) is 17.3. The van der Waals surface area contributed by atoms with E-state index in [1.54, 1.807) is 7.11 Å². The average molecular weight is 366 g/mol. The summed E-state index contributed by atoms with van der Waals surface area (Å²) in [6, 6.07) is 14.1. The maximum atomic E-state index is 13.1. The molecular weight excluding hydrogens is 340 g/mol. The van der Waals surface area contributed by atoms with Crippen molar-refractivity contribution in [3.8, 4) is 11.3 Å². The highest BCUT2D eigenvalue weighted by Gasteiger charge is 2.48. The number of methoxy groups -OCH3 is 1. The van der Waals surface area contributed by atoms with Crippen molar-refractivity contribution in [2.75, 3.05) is 44.8 Å². The third kappa shape index (κ3) is 3.54. The number of likely N-dealkylation sites (tertiary alicyclic amines) is 1. The van der Waals surface area contributed by atoms with Crippen molar-refractivity contribution in [2.45, 2.75) is 19.3 Å². The molecule has 2 aliphatic rings. The van der Waals surface area contributed by atoms with Gasteiger partial charge in [0.15, 0.2) is 5.82 Å². The van der Waals surface area contributed by atoms with E-state index in [1.165, 1.54) is 0 Å². The van der Waals surface area contributed by atoms with E-state index in [0.29, 0.717) is 13.2 Å². The number of benzene rings is 1. The van der Waals surface area contributed by atoms with E-state index in [1.807, 2.05) is 47.4 Å². The van der Waals surface area contributed by atoms with E-state index in [4.69, 9.17) is 4.74 Å². The van der Waals surface area contributed by atoms with Gasteiger partial charge in [-0.05, 0) is 31.4 Å². The van der Waals surface area contributed by atoms with Gasteiger partial charge in [0.1, 0.15) is 0 Å². The van der Waals surface area contributed by atoms with E-state index < -0.39 is 0 Å². The lowest BCUT2D eigenvalue weighted by atomic mass is 9.78. The van der Waals surface area contributed by atoms with Crippen LogP contribution in [0.4, 0.5) is 5.82 Å². The van der Waals surface area contributed by atoms with Gasteiger partial charge < -0.3 is 14.5 Å². The predicted octanol–water partition coefficient (Wildman–Crippen LogP) is 2.61. The molecule has 3 heterocycles. The van der Waals surface area contributed by atoms with Crippen LogP contribution < -0.4 is 4.90 Å². The number of rotatable bonds is 5. The second-order valence-electron chi connectivity index (χ2n) is 7.48. The molecule has 1 unspecified atom stereocenters. The standard InChI is InChI=1S/C21H26N4O2/c1-27-15-14-24-12-5-10-21(20(24)26)11-13-25(16-21)19-9-8-18(22-23-19)17-6-3-2-4-7-17/h2-4,6-9H,5,10-16H2,1H3. The summed E-state index contributed by atoms with van der Waals surface area (Å²) in [5, 5.41) is 8.84. The quantitative estimate of drug-likeness (QED) is 0.814.